The van der Waals surface area contributed by atoms with E-state index in [1.165, 1.54) is 11.8 Å². The molecule has 0 aliphatic rings. The molecule has 4 nitrogen and oxygen atoms in total. The summed E-state index contributed by atoms with van der Waals surface area (Å²) in [6, 6.07) is 14.6. The van der Waals surface area contributed by atoms with E-state index >= 15 is 0 Å². The van der Waals surface area contributed by atoms with Gasteiger partial charge in [-0.2, -0.15) is 0 Å². The fourth-order valence-corrected chi connectivity index (χ4v) is 3.91. The van der Waals surface area contributed by atoms with Gasteiger partial charge < -0.3 is 10.2 Å². The first-order valence-corrected chi connectivity index (χ1v) is 11.3. The Morgan fingerprint density at radius 2 is 1.69 bits per heavy atom. The van der Waals surface area contributed by atoms with Crippen LogP contribution in [0.15, 0.2) is 48.5 Å². The van der Waals surface area contributed by atoms with Crippen molar-refractivity contribution in [3.05, 3.63) is 69.7 Å². The van der Waals surface area contributed by atoms with Gasteiger partial charge in [-0.1, -0.05) is 59.6 Å². The summed E-state index contributed by atoms with van der Waals surface area (Å²) in [5.74, 6) is 0.671. The average molecular weight is 453 g/mol. The Bertz CT molecular complexity index is 831. The Morgan fingerprint density at radius 1 is 1.00 bits per heavy atom. The molecule has 0 aliphatic heterocycles. The van der Waals surface area contributed by atoms with Crippen molar-refractivity contribution in [1.29, 1.82) is 0 Å². The van der Waals surface area contributed by atoms with Crippen molar-refractivity contribution in [2.24, 2.45) is 0 Å². The third-order valence-electron chi connectivity index (χ3n) is 4.27. The van der Waals surface area contributed by atoms with Crippen LogP contribution in [0.2, 0.25) is 10.0 Å². The molecule has 0 heterocycles. The normalized spacial score (nSPS) is 11.9. The van der Waals surface area contributed by atoms with Crippen LogP contribution in [0.5, 0.6) is 0 Å². The maximum Gasteiger partial charge on any atom is 0.242 e. The lowest BCUT2D eigenvalue weighted by Gasteiger charge is -2.29. The van der Waals surface area contributed by atoms with Crippen LogP contribution in [0.3, 0.4) is 0 Å². The minimum absolute atomic E-state index is 0.0163. The molecule has 2 amide bonds. The number of benzene rings is 2. The molecule has 156 valence electrons. The van der Waals surface area contributed by atoms with E-state index in [-0.39, 0.29) is 23.6 Å². The Labute approximate surface area is 187 Å². The standard InChI is InChI=1S/C22H26Cl2N2O2S/c1-15(2)25-22(28)16(3)26(12-17-7-5-4-6-8-17)21(27)14-29-13-18-9-10-19(23)20(24)11-18/h4-11,15-16H,12-14H2,1-3H3,(H,25,28)/t16-/m1/s1. The number of nitrogens with zero attached hydrogens (tertiary/aromatic N) is 1. The number of nitrogens with one attached hydrogen (secondary N) is 1. The van der Waals surface area contributed by atoms with Crippen LogP contribution < -0.4 is 5.32 Å². The van der Waals surface area contributed by atoms with Gasteiger partial charge in [-0.3, -0.25) is 9.59 Å². The van der Waals surface area contributed by atoms with Gasteiger partial charge >= 0.3 is 0 Å². The summed E-state index contributed by atoms with van der Waals surface area (Å²) < 4.78 is 0. The van der Waals surface area contributed by atoms with E-state index in [2.05, 4.69) is 5.32 Å². The quantitative estimate of drug-likeness (QED) is 0.570. The monoisotopic (exact) mass is 452 g/mol. The van der Waals surface area contributed by atoms with Crippen molar-refractivity contribution in [2.45, 2.75) is 45.2 Å². The van der Waals surface area contributed by atoms with Crippen molar-refractivity contribution in [2.75, 3.05) is 5.75 Å². The second kappa shape index (κ2) is 11.5. The van der Waals surface area contributed by atoms with Gasteiger partial charge in [0, 0.05) is 18.3 Å². The molecule has 0 fully saturated rings. The Kier molecular flexibility index (Phi) is 9.34. The van der Waals surface area contributed by atoms with E-state index < -0.39 is 6.04 Å². The summed E-state index contributed by atoms with van der Waals surface area (Å²) >= 11 is 13.5. The van der Waals surface area contributed by atoms with Gasteiger partial charge in [-0.15, -0.1) is 11.8 Å². The molecule has 29 heavy (non-hydrogen) atoms. The summed E-state index contributed by atoms with van der Waals surface area (Å²) in [5, 5.41) is 3.90. The third kappa shape index (κ3) is 7.57. The van der Waals surface area contributed by atoms with Gasteiger partial charge in [-0.25, -0.2) is 0 Å². The van der Waals surface area contributed by atoms with Gasteiger partial charge in [0.1, 0.15) is 6.04 Å². The van der Waals surface area contributed by atoms with Gasteiger partial charge in [0.15, 0.2) is 0 Å². The van der Waals surface area contributed by atoms with Gasteiger partial charge in [-0.05, 0) is 44.0 Å². The number of hydrogen-bond donors (Lipinski definition) is 1. The van der Waals surface area contributed by atoms with E-state index in [4.69, 9.17) is 23.2 Å². The molecule has 0 saturated carbocycles. The average Bonchev–Trinajstić information content (AvgIpc) is 2.68. The molecule has 1 N–H and O–H groups in total. The van der Waals surface area contributed by atoms with E-state index in [0.29, 0.717) is 22.3 Å². The Balaban J connectivity index is 2.04. The molecule has 0 saturated heterocycles. The number of hydrogen-bond acceptors (Lipinski definition) is 3. The van der Waals surface area contributed by atoms with Crippen LogP contribution in [0.1, 0.15) is 31.9 Å². The molecule has 2 rings (SSSR count). The maximum atomic E-state index is 13.0. The molecule has 0 radical (unpaired) electrons. The van der Waals surface area contributed by atoms with Crippen LogP contribution in [0.4, 0.5) is 0 Å². The van der Waals surface area contributed by atoms with E-state index in [9.17, 15) is 9.59 Å². The summed E-state index contributed by atoms with van der Waals surface area (Å²) in [6.45, 7) is 5.96. The number of thioether (sulfide) groups is 1. The molecule has 1 atom stereocenters. The van der Waals surface area contributed by atoms with E-state index in [0.717, 1.165) is 11.1 Å². The summed E-state index contributed by atoms with van der Waals surface area (Å²) in [6.07, 6.45) is 0. The predicted molar refractivity (Wildman–Crippen MR) is 122 cm³/mol. The highest BCUT2D eigenvalue weighted by atomic mass is 35.5. The third-order valence-corrected chi connectivity index (χ3v) is 6.00. The SMILES string of the molecule is CC(C)NC(=O)[C@@H](C)N(Cc1ccccc1)C(=O)CSCc1ccc(Cl)c(Cl)c1. The number of amides is 2. The second-order valence-corrected chi connectivity index (χ2v) is 8.89. The second-order valence-electron chi connectivity index (χ2n) is 7.09. The van der Waals surface area contributed by atoms with Gasteiger partial charge in [0.05, 0.1) is 15.8 Å². The molecule has 7 heteroatoms. The summed E-state index contributed by atoms with van der Waals surface area (Å²) in [4.78, 5) is 27.1. The minimum atomic E-state index is -0.560. The molecule has 0 bridgehead atoms. The number of rotatable bonds is 9. The van der Waals surface area contributed by atoms with Crippen LogP contribution in [-0.2, 0) is 21.9 Å². The first-order valence-electron chi connectivity index (χ1n) is 9.43. The van der Waals surface area contributed by atoms with Crippen molar-refractivity contribution in [3.63, 3.8) is 0 Å². The summed E-state index contributed by atoms with van der Waals surface area (Å²) in [7, 11) is 0. The highest BCUT2D eigenvalue weighted by Gasteiger charge is 2.26. The molecular weight excluding hydrogens is 427 g/mol. The zero-order chi connectivity index (χ0) is 21.4. The lowest BCUT2D eigenvalue weighted by molar-refractivity contribution is -0.138. The highest BCUT2D eigenvalue weighted by Crippen LogP contribution is 2.25. The number of carbonyl (C=O) groups excluding carboxylic acids is 2. The smallest absolute Gasteiger partial charge is 0.242 e. The molecule has 0 aromatic heterocycles. The van der Waals surface area contributed by atoms with E-state index in [1.807, 2.05) is 56.3 Å². The topological polar surface area (TPSA) is 49.4 Å². The van der Waals surface area contributed by atoms with Crippen molar-refractivity contribution >= 4 is 46.8 Å². The fourth-order valence-electron chi connectivity index (χ4n) is 2.74. The van der Waals surface area contributed by atoms with Crippen molar-refractivity contribution in [3.8, 4) is 0 Å². The number of carbonyl (C=O) groups is 2. The van der Waals surface area contributed by atoms with Crippen LogP contribution in [0.25, 0.3) is 0 Å². The lowest BCUT2D eigenvalue weighted by Crippen LogP contribution is -2.49. The fraction of sp³-hybridized carbons (Fsp3) is 0.364. The molecule has 0 spiro atoms. The molecule has 0 aliphatic carbocycles. The Morgan fingerprint density at radius 3 is 2.31 bits per heavy atom. The van der Waals surface area contributed by atoms with Crippen molar-refractivity contribution in [1.82, 2.24) is 10.2 Å². The first-order chi connectivity index (χ1) is 13.8. The Hall–Kier alpha value is -1.69. The van der Waals surface area contributed by atoms with E-state index in [1.54, 1.807) is 17.9 Å². The zero-order valence-corrected chi connectivity index (χ0v) is 19.2. The highest BCUT2D eigenvalue weighted by molar-refractivity contribution is 7.99. The van der Waals surface area contributed by atoms with Gasteiger partial charge in [0.25, 0.3) is 0 Å². The zero-order valence-electron chi connectivity index (χ0n) is 16.8. The van der Waals surface area contributed by atoms with Gasteiger partial charge in [0.2, 0.25) is 11.8 Å². The molecule has 2 aromatic rings. The molecular formula is C22H26Cl2N2O2S. The van der Waals surface area contributed by atoms with Crippen LogP contribution in [0, 0.1) is 0 Å². The number of halogens is 2. The maximum absolute atomic E-state index is 13.0. The minimum Gasteiger partial charge on any atom is -0.352 e. The predicted octanol–water partition coefficient (Wildman–Crippen LogP) is 5.17. The van der Waals surface area contributed by atoms with Crippen molar-refractivity contribution < 1.29 is 9.59 Å². The first kappa shape index (κ1) is 23.6. The molecule has 0 unspecified atom stereocenters. The van der Waals surface area contributed by atoms with Crippen LogP contribution in [-0.4, -0.2) is 34.6 Å². The largest absolute Gasteiger partial charge is 0.352 e. The molecule has 2 aromatic carbocycles. The van der Waals surface area contributed by atoms with Crippen LogP contribution >= 0.6 is 35.0 Å². The summed E-state index contributed by atoms with van der Waals surface area (Å²) in [5.41, 5.74) is 1.98. The lowest BCUT2D eigenvalue weighted by atomic mass is 10.1.